The van der Waals surface area contributed by atoms with E-state index >= 15 is 0 Å². The number of nitrogens with zero attached hydrogens (tertiary/aromatic N) is 2. The summed E-state index contributed by atoms with van der Waals surface area (Å²) in [6, 6.07) is 0.141. The van der Waals surface area contributed by atoms with Gasteiger partial charge in [-0.1, -0.05) is 6.42 Å². The molecule has 0 spiro atoms. The fourth-order valence-corrected chi connectivity index (χ4v) is 6.34. The minimum Gasteiger partial charge on any atom is -0.390 e. The molecule has 7 nitrogen and oxygen atoms in total. The van der Waals surface area contributed by atoms with Gasteiger partial charge in [0.1, 0.15) is 5.72 Å². The van der Waals surface area contributed by atoms with Gasteiger partial charge in [0.15, 0.2) is 0 Å². The second-order valence-corrected chi connectivity index (χ2v) is 10.5. The van der Waals surface area contributed by atoms with Crippen LogP contribution in [-0.4, -0.2) is 43.5 Å². The summed E-state index contributed by atoms with van der Waals surface area (Å²) in [4.78, 5) is 22.2. The van der Waals surface area contributed by atoms with Gasteiger partial charge in [-0.3, -0.25) is 4.79 Å². The number of hydrogen-bond acceptors (Lipinski definition) is 6. The zero-order valence-electron chi connectivity index (χ0n) is 17.3. The Morgan fingerprint density at radius 3 is 2.45 bits per heavy atom. The van der Waals surface area contributed by atoms with E-state index < -0.39 is 11.3 Å². The van der Waals surface area contributed by atoms with Gasteiger partial charge >= 0.3 is 0 Å². The summed E-state index contributed by atoms with van der Waals surface area (Å²) in [5.74, 6) is 1.91. The molecule has 1 aromatic heterocycles. The van der Waals surface area contributed by atoms with Gasteiger partial charge in [-0.15, -0.1) is 0 Å². The molecule has 0 aromatic carbocycles. The second-order valence-electron chi connectivity index (χ2n) is 10.5. The van der Waals surface area contributed by atoms with E-state index in [1.54, 1.807) is 20.0 Å². The van der Waals surface area contributed by atoms with Crippen molar-refractivity contribution in [1.29, 1.82) is 0 Å². The Labute approximate surface area is 171 Å². The lowest BCUT2D eigenvalue weighted by Crippen LogP contribution is -2.61. The summed E-state index contributed by atoms with van der Waals surface area (Å²) in [6.07, 6.45) is 9.61. The van der Waals surface area contributed by atoms with Gasteiger partial charge in [0, 0.05) is 18.2 Å². The number of rotatable bonds is 5. The van der Waals surface area contributed by atoms with E-state index in [1.807, 2.05) is 0 Å². The van der Waals surface area contributed by atoms with Crippen LogP contribution in [0.5, 0.6) is 0 Å². The number of amides is 1. The minimum absolute atomic E-state index is 0.0915. The highest BCUT2D eigenvalue weighted by Crippen LogP contribution is 2.55. The number of carbonyl (C=O) groups excluding carboxylic acids is 1. The molecule has 0 radical (unpaired) electrons. The maximum Gasteiger partial charge on any atom is 0.254 e. The highest BCUT2D eigenvalue weighted by Gasteiger charge is 2.55. The van der Waals surface area contributed by atoms with Crippen molar-refractivity contribution in [2.24, 2.45) is 17.8 Å². The lowest BCUT2D eigenvalue weighted by Gasteiger charge is -2.58. The van der Waals surface area contributed by atoms with Crippen molar-refractivity contribution >= 4 is 11.9 Å². The Hall–Kier alpha value is -1.73. The number of aliphatic hydroxyl groups is 2. The van der Waals surface area contributed by atoms with Crippen LogP contribution in [0.3, 0.4) is 0 Å². The fraction of sp³-hybridized carbons (Fsp3) is 0.773. The molecule has 4 N–H and O–H groups in total. The number of anilines is 1. The molecule has 5 fully saturated rings. The highest BCUT2D eigenvalue weighted by atomic mass is 16.3. The molecule has 1 amide bonds. The molecular weight excluding hydrogens is 368 g/mol. The van der Waals surface area contributed by atoms with Crippen LogP contribution in [-0.2, 0) is 0 Å². The van der Waals surface area contributed by atoms with Crippen LogP contribution in [0.1, 0.15) is 87.2 Å². The van der Waals surface area contributed by atoms with Gasteiger partial charge in [0.05, 0.1) is 16.9 Å². The molecule has 1 heterocycles. The van der Waals surface area contributed by atoms with Crippen molar-refractivity contribution in [3.05, 3.63) is 17.5 Å². The number of nitrogens with one attached hydrogen (secondary N) is 2. The quantitative estimate of drug-likeness (QED) is 0.566. The van der Waals surface area contributed by atoms with Gasteiger partial charge in [-0.25, -0.2) is 9.97 Å². The number of hydrogen-bond donors (Lipinski definition) is 4. The number of aromatic nitrogens is 2. The third-order valence-corrected chi connectivity index (χ3v) is 7.51. The Morgan fingerprint density at radius 2 is 1.90 bits per heavy atom. The first-order valence-electron chi connectivity index (χ1n) is 11.1. The van der Waals surface area contributed by atoms with E-state index in [0.717, 1.165) is 57.1 Å². The third-order valence-electron chi connectivity index (χ3n) is 7.51. The maximum atomic E-state index is 13.3. The van der Waals surface area contributed by atoms with Gasteiger partial charge in [0.25, 0.3) is 5.91 Å². The normalized spacial score (nSPS) is 36.0. The Morgan fingerprint density at radius 1 is 1.21 bits per heavy atom. The van der Waals surface area contributed by atoms with Crippen LogP contribution in [0.2, 0.25) is 0 Å². The first-order chi connectivity index (χ1) is 13.7. The van der Waals surface area contributed by atoms with Gasteiger partial charge in [0.2, 0.25) is 5.95 Å². The molecule has 1 aromatic rings. The zero-order chi connectivity index (χ0) is 20.4. The predicted molar refractivity (Wildman–Crippen MR) is 108 cm³/mol. The molecule has 0 aliphatic heterocycles. The molecule has 4 bridgehead atoms. The standard InChI is InChI=1S/C22H32N4O3/c1-21(2,28)26-20-23-11-16(18(25-20)13-4-3-5-13)19(27)24-17-14-6-12-7-15(17)10-22(29,8-12)9-14/h11-15,17,28-29H,3-10H2,1-2H3,(H,24,27)(H,23,25,26). The van der Waals surface area contributed by atoms with Crippen molar-refractivity contribution in [2.75, 3.05) is 5.32 Å². The monoisotopic (exact) mass is 400 g/mol. The molecule has 2 atom stereocenters. The van der Waals surface area contributed by atoms with E-state index in [9.17, 15) is 15.0 Å². The summed E-state index contributed by atoms with van der Waals surface area (Å²) in [5.41, 5.74) is -0.273. The Bertz CT molecular complexity index is 801. The van der Waals surface area contributed by atoms with Crippen molar-refractivity contribution < 1.29 is 15.0 Å². The van der Waals surface area contributed by atoms with E-state index in [1.165, 1.54) is 0 Å². The summed E-state index contributed by atoms with van der Waals surface area (Å²) >= 11 is 0. The van der Waals surface area contributed by atoms with E-state index in [2.05, 4.69) is 20.6 Å². The molecule has 0 saturated heterocycles. The van der Waals surface area contributed by atoms with Crippen LogP contribution in [0.4, 0.5) is 5.95 Å². The average Bonchev–Trinajstić information content (AvgIpc) is 2.53. The SMILES string of the molecule is CC(C)(O)Nc1ncc(C(=O)NC2C3CC4CC2CC(O)(C4)C3)c(C2CCC2)n1. The third kappa shape index (κ3) is 3.63. The lowest BCUT2D eigenvalue weighted by molar-refractivity contribution is -0.136. The van der Waals surface area contributed by atoms with Crippen molar-refractivity contribution in [1.82, 2.24) is 15.3 Å². The first kappa shape index (κ1) is 19.2. The van der Waals surface area contributed by atoms with E-state index in [0.29, 0.717) is 29.3 Å². The van der Waals surface area contributed by atoms with Gasteiger partial charge in [-0.2, -0.15) is 0 Å². The van der Waals surface area contributed by atoms with E-state index in [4.69, 9.17) is 0 Å². The Balaban J connectivity index is 1.37. The van der Waals surface area contributed by atoms with Crippen LogP contribution in [0, 0.1) is 17.8 Å². The molecule has 6 rings (SSSR count). The minimum atomic E-state index is -1.12. The molecule has 7 heteroatoms. The second kappa shape index (κ2) is 6.64. The summed E-state index contributed by atoms with van der Waals surface area (Å²) in [7, 11) is 0. The molecule has 2 unspecified atom stereocenters. The molecule has 5 saturated carbocycles. The molecule has 5 aliphatic rings. The largest absolute Gasteiger partial charge is 0.390 e. The van der Waals surface area contributed by atoms with Crippen molar-refractivity contribution in [2.45, 2.75) is 88.5 Å². The van der Waals surface area contributed by atoms with Gasteiger partial charge < -0.3 is 20.8 Å². The Kier molecular flexibility index (Phi) is 4.41. The smallest absolute Gasteiger partial charge is 0.254 e. The van der Waals surface area contributed by atoms with Gasteiger partial charge in [-0.05, 0) is 76.5 Å². The highest BCUT2D eigenvalue weighted by molar-refractivity contribution is 5.95. The molecule has 5 aliphatic carbocycles. The molecule has 158 valence electrons. The van der Waals surface area contributed by atoms with Crippen LogP contribution < -0.4 is 10.6 Å². The summed E-state index contributed by atoms with van der Waals surface area (Å²) in [6.45, 7) is 3.28. The number of carbonyl (C=O) groups is 1. The zero-order valence-corrected chi connectivity index (χ0v) is 17.3. The van der Waals surface area contributed by atoms with E-state index in [-0.39, 0.29) is 17.9 Å². The van der Waals surface area contributed by atoms with Crippen LogP contribution in [0.15, 0.2) is 6.20 Å². The molecular formula is C22H32N4O3. The predicted octanol–water partition coefficient (Wildman–Crippen LogP) is 2.55. The van der Waals surface area contributed by atoms with Crippen molar-refractivity contribution in [3.8, 4) is 0 Å². The summed E-state index contributed by atoms with van der Waals surface area (Å²) in [5, 5.41) is 27.0. The summed E-state index contributed by atoms with van der Waals surface area (Å²) < 4.78 is 0. The molecule has 29 heavy (non-hydrogen) atoms. The van der Waals surface area contributed by atoms with Crippen LogP contribution in [0.25, 0.3) is 0 Å². The average molecular weight is 401 g/mol. The van der Waals surface area contributed by atoms with Crippen molar-refractivity contribution in [3.63, 3.8) is 0 Å². The lowest BCUT2D eigenvalue weighted by atomic mass is 9.52. The van der Waals surface area contributed by atoms with Crippen LogP contribution >= 0.6 is 0 Å². The maximum absolute atomic E-state index is 13.3. The first-order valence-corrected chi connectivity index (χ1v) is 11.1. The topological polar surface area (TPSA) is 107 Å². The fourth-order valence-electron chi connectivity index (χ4n) is 6.34.